The summed E-state index contributed by atoms with van der Waals surface area (Å²) in [6, 6.07) is 0.755. The fourth-order valence-electron chi connectivity index (χ4n) is 2.52. The average Bonchev–Trinajstić information content (AvgIpc) is 2.18. The minimum Gasteiger partial charge on any atom is -0.369 e. The van der Waals surface area contributed by atoms with E-state index in [0.717, 1.165) is 24.6 Å². The molecule has 0 atom stereocenters. The molecular weight excluding hydrogens is 174 g/mol. The third-order valence-corrected chi connectivity index (χ3v) is 3.64. The van der Waals surface area contributed by atoms with E-state index in [4.69, 9.17) is 4.74 Å². The molecule has 1 aliphatic carbocycles. The summed E-state index contributed by atoms with van der Waals surface area (Å²) in [6.45, 7) is 5.48. The highest BCUT2D eigenvalue weighted by Crippen LogP contribution is 2.31. The summed E-state index contributed by atoms with van der Waals surface area (Å²) in [5.41, 5.74) is 0. The number of hydrogen-bond donors (Lipinski definition) is 0. The summed E-state index contributed by atoms with van der Waals surface area (Å²) in [5.74, 6) is 1.82. The van der Waals surface area contributed by atoms with Gasteiger partial charge >= 0.3 is 0 Å². The number of methoxy groups -OCH3 is 1. The summed E-state index contributed by atoms with van der Waals surface area (Å²) in [6.07, 6.45) is 5.50. The number of hydrogen-bond acceptors (Lipinski definition) is 2. The van der Waals surface area contributed by atoms with Crippen molar-refractivity contribution in [2.75, 3.05) is 20.9 Å². The first-order valence-corrected chi connectivity index (χ1v) is 5.84. The second-order valence-corrected chi connectivity index (χ2v) is 4.99. The molecule has 1 rings (SSSR count). The Bertz CT molecular complexity index is 150. The van der Waals surface area contributed by atoms with Gasteiger partial charge in [-0.15, -0.1) is 0 Å². The fourth-order valence-corrected chi connectivity index (χ4v) is 2.52. The van der Waals surface area contributed by atoms with Crippen molar-refractivity contribution in [1.82, 2.24) is 4.90 Å². The first kappa shape index (κ1) is 12.0. The molecule has 0 radical (unpaired) electrons. The molecule has 1 saturated carbocycles. The van der Waals surface area contributed by atoms with Crippen LogP contribution < -0.4 is 0 Å². The predicted octanol–water partition coefficient (Wildman–Crippen LogP) is 2.74. The summed E-state index contributed by atoms with van der Waals surface area (Å²) in [4.78, 5) is 2.34. The largest absolute Gasteiger partial charge is 0.369 e. The molecule has 0 heterocycles. The average molecular weight is 199 g/mol. The van der Waals surface area contributed by atoms with Crippen molar-refractivity contribution in [3.63, 3.8) is 0 Å². The predicted molar refractivity (Wildman–Crippen MR) is 60.2 cm³/mol. The minimum atomic E-state index is 0.755. The van der Waals surface area contributed by atoms with Crippen molar-refractivity contribution in [2.24, 2.45) is 11.8 Å². The van der Waals surface area contributed by atoms with E-state index in [-0.39, 0.29) is 0 Å². The van der Waals surface area contributed by atoms with Gasteiger partial charge in [0.1, 0.15) is 0 Å². The molecule has 0 aromatic rings. The standard InChI is InChI=1S/C12H25NO/c1-10(2)11-5-7-12(8-6-11)13(3)9-14-4/h10-12H,5-9H2,1-4H3. The first-order chi connectivity index (χ1) is 6.65. The van der Waals surface area contributed by atoms with E-state index < -0.39 is 0 Å². The summed E-state index contributed by atoms with van der Waals surface area (Å²) < 4.78 is 5.16. The van der Waals surface area contributed by atoms with Crippen LogP contribution in [-0.2, 0) is 4.74 Å². The van der Waals surface area contributed by atoms with Gasteiger partial charge in [0.25, 0.3) is 0 Å². The molecule has 0 aliphatic heterocycles. The fraction of sp³-hybridized carbons (Fsp3) is 1.00. The minimum absolute atomic E-state index is 0.755. The van der Waals surface area contributed by atoms with Crippen molar-refractivity contribution in [2.45, 2.75) is 45.6 Å². The van der Waals surface area contributed by atoms with Crippen LogP contribution in [0, 0.1) is 11.8 Å². The van der Waals surface area contributed by atoms with E-state index in [1.807, 2.05) is 0 Å². The Labute approximate surface area is 88.6 Å². The lowest BCUT2D eigenvalue weighted by molar-refractivity contribution is 0.0325. The van der Waals surface area contributed by atoms with E-state index in [1.54, 1.807) is 7.11 Å². The van der Waals surface area contributed by atoms with Gasteiger partial charge in [-0.05, 0) is 44.6 Å². The molecule has 1 fully saturated rings. The molecule has 0 spiro atoms. The Hall–Kier alpha value is -0.0800. The topological polar surface area (TPSA) is 12.5 Å². The van der Waals surface area contributed by atoms with Gasteiger partial charge in [0, 0.05) is 13.2 Å². The van der Waals surface area contributed by atoms with Crippen LogP contribution in [0.4, 0.5) is 0 Å². The molecule has 0 aromatic heterocycles. The quantitative estimate of drug-likeness (QED) is 0.646. The van der Waals surface area contributed by atoms with Gasteiger partial charge < -0.3 is 4.74 Å². The highest BCUT2D eigenvalue weighted by atomic mass is 16.5. The zero-order chi connectivity index (χ0) is 10.6. The van der Waals surface area contributed by atoms with Crippen LogP contribution in [0.15, 0.2) is 0 Å². The van der Waals surface area contributed by atoms with Gasteiger partial charge in [0.05, 0.1) is 6.73 Å². The molecule has 0 N–H and O–H groups in total. The lowest BCUT2D eigenvalue weighted by atomic mass is 9.79. The van der Waals surface area contributed by atoms with E-state index in [1.165, 1.54) is 25.7 Å². The molecule has 0 saturated heterocycles. The molecule has 2 heteroatoms. The lowest BCUT2D eigenvalue weighted by Crippen LogP contribution is -2.37. The summed E-state index contributed by atoms with van der Waals surface area (Å²) in [7, 11) is 3.94. The highest BCUT2D eigenvalue weighted by molar-refractivity contribution is 4.78. The Morgan fingerprint density at radius 3 is 2.21 bits per heavy atom. The molecular formula is C12H25NO. The Kier molecular flexibility index (Phi) is 4.90. The normalized spacial score (nSPS) is 28.7. The summed E-state index contributed by atoms with van der Waals surface area (Å²) in [5, 5.41) is 0. The van der Waals surface area contributed by atoms with Gasteiger partial charge in [-0.3, -0.25) is 4.90 Å². The van der Waals surface area contributed by atoms with E-state index in [9.17, 15) is 0 Å². The maximum absolute atomic E-state index is 5.16. The van der Waals surface area contributed by atoms with Gasteiger partial charge in [-0.1, -0.05) is 13.8 Å². The molecule has 0 unspecified atom stereocenters. The molecule has 0 amide bonds. The zero-order valence-corrected chi connectivity index (χ0v) is 10.1. The third-order valence-electron chi connectivity index (χ3n) is 3.64. The molecule has 2 nitrogen and oxygen atoms in total. The third kappa shape index (κ3) is 3.25. The maximum Gasteiger partial charge on any atom is 0.0986 e. The molecule has 84 valence electrons. The van der Waals surface area contributed by atoms with Crippen LogP contribution >= 0.6 is 0 Å². The van der Waals surface area contributed by atoms with E-state index >= 15 is 0 Å². The SMILES string of the molecule is COCN(C)C1CCC(C(C)C)CC1. The van der Waals surface area contributed by atoms with Crippen LogP contribution in [-0.4, -0.2) is 31.8 Å². The van der Waals surface area contributed by atoms with Gasteiger partial charge in [-0.25, -0.2) is 0 Å². The van der Waals surface area contributed by atoms with Crippen molar-refractivity contribution in [1.29, 1.82) is 0 Å². The first-order valence-electron chi connectivity index (χ1n) is 5.84. The van der Waals surface area contributed by atoms with Crippen molar-refractivity contribution in [3.8, 4) is 0 Å². The van der Waals surface area contributed by atoms with Crippen molar-refractivity contribution in [3.05, 3.63) is 0 Å². The van der Waals surface area contributed by atoms with Crippen LogP contribution in [0.2, 0.25) is 0 Å². The van der Waals surface area contributed by atoms with Gasteiger partial charge in [-0.2, -0.15) is 0 Å². The van der Waals surface area contributed by atoms with Gasteiger partial charge in [0.2, 0.25) is 0 Å². The Balaban J connectivity index is 2.28. The number of nitrogens with zero attached hydrogens (tertiary/aromatic N) is 1. The second-order valence-electron chi connectivity index (χ2n) is 4.99. The molecule has 0 bridgehead atoms. The Morgan fingerprint density at radius 2 is 1.79 bits per heavy atom. The van der Waals surface area contributed by atoms with Gasteiger partial charge in [0.15, 0.2) is 0 Å². The van der Waals surface area contributed by atoms with Crippen LogP contribution in [0.25, 0.3) is 0 Å². The maximum atomic E-state index is 5.16. The molecule has 0 aromatic carbocycles. The monoisotopic (exact) mass is 199 g/mol. The lowest BCUT2D eigenvalue weighted by Gasteiger charge is -2.35. The van der Waals surface area contributed by atoms with Crippen LogP contribution in [0.1, 0.15) is 39.5 Å². The second kappa shape index (κ2) is 5.72. The highest BCUT2D eigenvalue weighted by Gasteiger charge is 2.25. The van der Waals surface area contributed by atoms with Crippen molar-refractivity contribution >= 4 is 0 Å². The van der Waals surface area contributed by atoms with E-state index in [0.29, 0.717) is 0 Å². The number of ether oxygens (including phenoxy) is 1. The summed E-state index contributed by atoms with van der Waals surface area (Å²) >= 11 is 0. The number of rotatable bonds is 4. The molecule has 14 heavy (non-hydrogen) atoms. The van der Waals surface area contributed by atoms with Crippen molar-refractivity contribution < 1.29 is 4.74 Å². The smallest absolute Gasteiger partial charge is 0.0986 e. The molecule has 1 aliphatic rings. The Morgan fingerprint density at radius 1 is 1.21 bits per heavy atom. The van der Waals surface area contributed by atoms with Crippen LogP contribution in [0.3, 0.4) is 0 Å². The van der Waals surface area contributed by atoms with E-state index in [2.05, 4.69) is 25.8 Å². The van der Waals surface area contributed by atoms with Crippen LogP contribution in [0.5, 0.6) is 0 Å². The zero-order valence-electron chi connectivity index (χ0n) is 10.1.